The summed E-state index contributed by atoms with van der Waals surface area (Å²) >= 11 is 1.20. The van der Waals surface area contributed by atoms with E-state index >= 15 is 0 Å². The van der Waals surface area contributed by atoms with E-state index in [4.69, 9.17) is 4.74 Å². The highest BCUT2D eigenvalue weighted by atomic mass is 32.1. The van der Waals surface area contributed by atoms with E-state index in [2.05, 4.69) is 34.3 Å². The third-order valence-corrected chi connectivity index (χ3v) is 5.57. The zero-order valence-electron chi connectivity index (χ0n) is 15.9. The molecule has 0 aliphatic rings. The number of thiophene rings is 1. The molecule has 3 aromatic rings. The van der Waals surface area contributed by atoms with Crippen LogP contribution in [0.2, 0.25) is 0 Å². The monoisotopic (exact) mass is 385 g/mol. The first-order valence-electron chi connectivity index (χ1n) is 9.00. The summed E-state index contributed by atoms with van der Waals surface area (Å²) in [5.74, 6) is 0.118. The van der Waals surface area contributed by atoms with Crippen LogP contribution in [0.4, 0.5) is 5.69 Å². The molecule has 0 aliphatic heterocycles. The van der Waals surface area contributed by atoms with Crippen molar-refractivity contribution in [3.05, 3.63) is 56.4 Å². The van der Waals surface area contributed by atoms with Crippen molar-refractivity contribution in [1.29, 1.82) is 0 Å². The number of ether oxygens (including phenoxy) is 1. The molecule has 0 saturated heterocycles. The molecule has 2 aromatic heterocycles. The van der Waals surface area contributed by atoms with Crippen LogP contribution >= 0.6 is 11.3 Å². The Morgan fingerprint density at radius 2 is 2.15 bits per heavy atom. The van der Waals surface area contributed by atoms with Crippen molar-refractivity contribution in [2.24, 2.45) is 0 Å². The Morgan fingerprint density at radius 3 is 2.85 bits per heavy atom. The number of aromatic amines is 1. The molecule has 6 nitrogen and oxygen atoms in total. The van der Waals surface area contributed by atoms with Crippen molar-refractivity contribution in [2.45, 2.75) is 40.2 Å². The minimum Gasteiger partial charge on any atom is -0.462 e. The van der Waals surface area contributed by atoms with Crippen LogP contribution < -0.4 is 10.9 Å². The van der Waals surface area contributed by atoms with Gasteiger partial charge in [0.2, 0.25) is 0 Å². The number of hydrogen-bond donors (Lipinski definition) is 2. The summed E-state index contributed by atoms with van der Waals surface area (Å²) in [6.07, 6.45) is 0.954. The molecule has 0 bridgehead atoms. The fourth-order valence-corrected chi connectivity index (χ4v) is 4.04. The van der Waals surface area contributed by atoms with Crippen molar-refractivity contribution >= 4 is 33.2 Å². The molecule has 1 atom stereocenters. The van der Waals surface area contributed by atoms with Gasteiger partial charge in [-0.05, 0) is 50.5 Å². The van der Waals surface area contributed by atoms with Crippen LogP contribution in [0.5, 0.6) is 0 Å². The molecule has 142 valence electrons. The van der Waals surface area contributed by atoms with E-state index in [0.717, 1.165) is 12.1 Å². The fourth-order valence-electron chi connectivity index (χ4n) is 2.96. The quantitative estimate of drug-likeness (QED) is 0.621. The molecule has 0 spiro atoms. The van der Waals surface area contributed by atoms with Crippen LogP contribution in [0.3, 0.4) is 0 Å². The Bertz CT molecular complexity index is 1040. The van der Waals surface area contributed by atoms with Crippen LogP contribution in [0.1, 0.15) is 53.4 Å². The van der Waals surface area contributed by atoms with E-state index in [-0.39, 0.29) is 11.6 Å². The van der Waals surface area contributed by atoms with Crippen molar-refractivity contribution in [1.82, 2.24) is 9.97 Å². The maximum atomic E-state index is 12.6. The van der Waals surface area contributed by atoms with Gasteiger partial charge in [-0.25, -0.2) is 9.78 Å². The number of benzene rings is 1. The number of fused-ring (bicyclic) bond motifs is 1. The molecule has 2 heterocycles. The average molecular weight is 385 g/mol. The molecule has 3 rings (SSSR count). The van der Waals surface area contributed by atoms with E-state index in [9.17, 15) is 9.59 Å². The molecule has 0 fully saturated rings. The number of anilines is 1. The Kier molecular flexibility index (Phi) is 5.60. The average Bonchev–Trinajstić information content (AvgIpc) is 2.99. The van der Waals surface area contributed by atoms with Crippen LogP contribution in [-0.2, 0) is 11.2 Å². The van der Waals surface area contributed by atoms with Gasteiger partial charge in [0, 0.05) is 5.69 Å². The summed E-state index contributed by atoms with van der Waals surface area (Å²) in [7, 11) is 0. The highest BCUT2D eigenvalue weighted by Crippen LogP contribution is 2.28. The van der Waals surface area contributed by atoms with Gasteiger partial charge in [-0.1, -0.05) is 19.1 Å². The zero-order valence-corrected chi connectivity index (χ0v) is 16.7. The lowest BCUT2D eigenvalue weighted by atomic mass is 10.1. The molecule has 0 radical (unpaired) electrons. The van der Waals surface area contributed by atoms with Gasteiger partial charge in [0.15, 0.2) is 0 Å². The molecule has 0 saturated carbocycles. The zero-order chi connectivity index (χ0) is 19.6. The number of esters is 1. The van der Waals surface area contributed by atoms with Crippen LogP contribution in [0.15, 0.2) is 29.1 Å². The fraction of sp³-hybridized carbons (Fsp3) is 0.350. The van der Waals surface area contributed by atoms with Gasteiger partial charge < -0.3 is 15.0 Å². The smallest absolute Gasteiger partial charge is 0.348 e. The first-order chi connectivity index (χ1) is 12.9. The van der Waals surface area contributed by atoms with Crippen molar-refractivity contribution in [3.63, 3.8) is 0 Å². The maximum absolute atomic E-state index is 12.6. The molecule has 0 amide bonds. The number of aryl methyl sites for hydroxylation is 2. The third-order valence-electron chi connectivity index (χ3n) is 4.41. The predicted molar refractivity (Wildman–Crippen MR) is 109 cm³/mol. The van der Waals surface area contributed by atoms with E-state index in [1.54, 1.807) is 13.8 Å². The standard InChI is InChI=1S/C20H23N3O3S/c1-5-13-8-7-9-14(10-13)21-12(4)17-22-18(24)15-11(3)16(20(25)26-6-2)27-19(15)23-17/h7-10,12,21H,5-6H2,1-4H3,(H,22,23,24)/t12-/m1/s1. The van der Waals surface area contributed by atoms with Gasteiger partial charge in [-0.15, -0.1) is 11.3 Å². The van der Waals surface area contributed by atoms with Gasteiger partial charge in [-0.3, -0.25) is 4.79 Å². The molecule has 2 N–H and O–H groups in total. The van der Waals surface area contributed by atoms with Gasteiger partial charge in [-0.2, -0.15) is 0 Å². The van der Waals surface area contributed by atoms with E-state index in [1.165, 1.54) is 16.9 Å². The maximum Gasteiger partial charge on any atom is 0.348 e. The lowest BCUT2D eigenvalue weighted by molar-refractivity contribution is 0.0531. The lowest BCUT2D eigenvalue weighted by Gasteiger charge is -2.15. The molecule has 27 heavy (non-hydrogen) atoms. The van der Waals surface area contributed by atoms with Gasteiger partial charge in [0.05, 0.1) is 18.0 Å². The summed E-state index contributed by atoms with van der Waals surface area (Å²) in [6, 6.07) is 7.96. The molecule has 1 aromatic carbocycles. The largest absolute Gasteiger partial charge is 0.462 e. The number of nitrogens with zero attached hydrogens (tertiary/aromatic N) is 1. The van der Waals surface area contributed by atoms with Crippen LogP contribution in [0, 0.1) is 6.92 Å². The van der Waals surface area contributed by atoms with E-state index < -0.39 is 5.97 Å². The highest BCUT2D eigenvalue weighted by molar-refractivity contribution is 7.20. The lowest BCUT2D eigenvalue weighted by Crippen LogP contribution is -2.17. The Morgan fingerprint density at radius 1 is 1.37 bits per heavy atom. The topological polar surface area (TPSA) is 84.1 Å². The first-order valence-corrected chi connectivity index (χ1v) is 9.82. The molecule has 0 unspecified atom stereocenters. The van der Waals surface area contributed by atoms with Crippen molar-refractivity contribution in [3.8, 4) is 0 Å². The number of carbonyl (C=O) groups is 1. The summed E-state index contributed by atoms with van der Waals surface area (Å²) in [6.45, 7) is 7.84. The first kappa shape index (κ1) is 19.1. The number of nitrogens with one attached hydrogen (secondary N) is 2. The number of rotatable bonds is 6. The number of carbonyl (C=O) groups excluding carboxylic acids is 1. The second kappa shape index (κ2) is 7.92. The minimum atomic E-state index is -0.415. The van der Waals surface area contributed by atoms with Crippen molar-refractivity contribution < 1.29 is 9.53 Å². The van der Waals surface area contributed by atoms with E-state index in [1.807, 2.05) is 19.1 Å². The normalized spacial score (nSPS) is 12.1. The minimum absolute atomic E-state index is 0.192. The highest BCUT2D eigenvalue weighted by Gasteiger charge is 2.21. The van der Waals surface area contributed by atoms with E-state index in [0.29, 0.717) is 33.1 Å². The Labute approximate surface area is 161 Å². The summed E-state index contributed by atoms with van der Waals surface area (Å²) in [5.41, 5.74) is 2.58. The summed E-state index contributed by atoms with van der Waals surface area (Å²) in [5, 5.41) is 3.82. The predicted octanol–water partition coefficient (Wildman–Crippen LogP) is 4.21. The Balaban J connectivity index is 1.95. The van der Waals surface area contributed by atoms with Crippen molar-refractivity contribution in [2.75, 3.05) is 11.9 Å². The molecule has 7 heteroatoms. The molecule has 0 aliphatic carbocycles. The second-order valence-electron chi connectivity index (χ2n) is 6.33. The van der Waals surface area contributed by atoms with Gasteiger partial charge in [0.1, 0.15) is 15.5 Å². The van der Waals surface area contributed by atoms with Gasteiger partial charge in [0.25, 0.3) is 5.56 Å². The number of aromatic nitrogens is 2. The van der Waals surface area contributed by atoms with Crippen LogP contribution in [0.25, 0.3) is 10.2 Å². The second-order valence-corrected chi connectivity index (χ2v) is 7.33. The van der Waals surface area contributed by atoms with Crippen LogP contribution in [-0.4, -0.2) is 22.5 Å². The number of H-pyrrole nitrogens is 1. The summed E-state index contributed by atoms with van der Waals surface area (Å²) < 4.78 is 5.08. The Hall–Kier alpha value is -2.67. The number of hydrogen-bond acceptors (Lipinski definition) is 6. The third kappa shape index (κ3) is 3.88. The molecular formula is C20H23N3O3S. The van der Waals surface area contributed by atoms with Gasteiger partial charge >= 0.3 is 5.97 Å². The summed E-state index contributed by atoms with van der Waals surface area (Å²) in [4.78, 5) is 33.1. The SMILES string of the molecule is CCOC(=O)c1sc2nc([C@@H](C)Nc3cccc(CC)c3)[nH]c(=O)c2c1C. The molecular weight excluding hydrogens is 362 g/mol.